The average Bonchev–Trinajstić information content (AvgIpc) is 3.75. The highest BCUT2D eigenvalue weighted by Gasteiger charge is 2.38. The van der Waals surface area contributed by atoms with Crippen molar-refractivity contribution in [3.63, 3.8) is 0 Å². The number of aliphatic hydroxyl groups is 1. The van der Waals surface area contributed by atoms with Gasteiger partial charge in [0.25, 0.3) is 5.91 Å². The molecule has 1 aliphatic carbocycles. The number of carbonyl (C=O) groups excluding carboxylic acids is 3. The molecule has 0 saturated carbocycles. The standard InChI is InChI=1S/C39H50N4O5/c1-4-26-14-15-28-25-48-39(2,3)23-32(30(28)19-26)40-24-35(44)31(20-27-11-6-5-7-12-27)41-38(47)29-21-33(42-16-8-9-17-42)37(46)34(22-29)43-18-10-13-36(43)45/h5-7,11-12,14-15,19,21-22,31-33,35,40,44H,4,8-10,13,16-18,20,23-25H2,1-3H3,(H,41,47)/t31-,32-,33?,35-/m0/s1. The monoisotopic (exact) mass is 654 g/mol. The number of ether oxygens (including phenoxy) is 1. The lowest BCUT2D eigenvalue weighted by atomic mass is 9.90. The zero-order chi connectivity index (χ0) is 33.8. The number of Topliss-reactive ketones (excluding diaryl/α,β-unsaturated/α-hetero) is 1. The summed E-state index contributed by atoms with van der Waals surface area (Å²) in [6.07, 6.45) is 7.57. The number of hydrogen-bond donors (Lipinski definition) is 3. The van der Waals surface area contributed by atoms with E-state index in [1.54, 1.807) is 17.1 Å². The number of benzene rings is 2. The van der Waals surface area contributed by atoms with Crippen LogP contribution in [0, 0.1) is 0 Å². The van der Waals surface area contributed by atoms with Crippen LogP contribution in [-0.2, 0) is 38.6 Å². The lowest BCUT2D eigenvalue weighted by Gasteiger charge is -2.32. The minimum absolute atomic E-state index is 0.0384. The molecule has 2 amide bonds. The topological polar surface area (TPSA) is 111 Å². The van der Waals surface area contributed by atoms with Gasteiger partial charge < -0.3 is 25.4 Å². The molecule has 0 aromatic heterocycles. The van der Waals surface area contributed by atoms with Crippen LogP contribution in [0.2, 0.25) is 0 Å². The largest absolute Gasteiger partial charge is 0.390 e. The predicted octanol–water partition coefficient (Wildman–Crippen LogP) is 4.15. The van der Waals surface area contributed by atoms with Crippen LogP contribution in [0.4, 0.5) is 0 Å². The van der Waals surface area contributed by atoms with Gasteiger partial charge in [-0.15, -0.1) is 0 Å². The first-order valence-corrected chi connectivity index (χ1v) is 17.7. The number of carbonyl (C=O) groups is 3. The maximum absolute atomic E-state index is 14.1. The van der Waals surface area contributed by atoms with E-state index in [-0.39, 0.29) is 35.8 Å². The van der Waals surface area contributed by atoms with Crippen molar-refractivity contribution >= 4 is 17.6 Å². The van der Waals surface area contributed by atoms with Crippen LogP contribution in [-0.4, -0.2) is 82.5 Å². The summed E-state index contributed by atoms with van der Waals surface area (Å²) < 4.78 is 6.26. The first-order chi connectivity index (χ1) is 23.1. The van der Waals surface area contributed by atoms with Crippen molar-refractivity contribution in [3.8, 4) is 0 Å². The van der Waals surface area contributed by atoms with E-state index in [2.05, 4.69) is 54.5 Å². The lowest BCUT2D eigenvalue weighted by molar-refractivity contribution is -0.130. The number of amides is 2. The third-order valence-corrected chi connectivity index (χ3v) is 10.3. The second-order valence-electron chi connectivity index (χ2n) is 14.3. The fourth-order valence-corrected chi connectivity index (χ4v) is 7.45. The summed E-state index contributed by atoms with van der Waals surface area (Å²) in [6.45, 7) is 9.15. The summed E-state index contributed by atoms with van der Waals surface area (Å²) in [5.41, 5.74) is 4.87. The Balaban J connectivity index is 1.24. The summed E-state index contributed by atoms with van der Waals surface area (Å²) in [5.74, 6) is -0.576. The van der Waals surface area contributed by atoms with Crippen molar-refractivity contribution in [1.29, 1.82) is 0 Å². The molecule has 0 spiro atoms. The number of aliphatic hydroxyl groups excluding tert-OH is 1. The Morgan fingerprint density at radius 2 is 1.81 bits per heavy atom. The highest BCUT2D eigenvalue weighted by atomic mass is 16.5. The van der Waals surface area contributed by atoms with E-state index in [4.69, 9.17) is 4.74 Å². The molecule has 2 aromatic carbocycles. The first kappa shape index (κ1) is 34.2. The molecule has 48 heavy (non-hydrogen) atoms. The lowest BCUT2D eigenvalue weighted by Crippen LogP contribution is -2.50. The van der Waals surface area contributed by atoms with Gasteiger partial charge in [0, 0.05) is 31.1 Å². The minimum Gasteiger partial charge on any atom is -0.390 e. The number of ketones is 1. The Hall–Kier alpha value is -3.63. The zero-order valence-electron chi connectivity index (χ0n) is 28.5. The Morgan fingerprint density at radius 1 is 1.04 bits per heavy atom. The molecular weight excluding hydrogens is 604 g/mol. The molecule has 2 aromatic rings. The van der Waals surface area contributed by atoms with Gasteiger partial charge >= 0.3 is 0 Å². The molecule has 0 radical (unpaired) electrons. The summed E-state index contributed by atoms with van der Waals surface area (Å²) in [4.78, 5) is 44.1. The fraction of sp³-hybridized carbons (Fsp3) is 0.513. The van der Waals surface area contributed by atoms with Gasteiger partial charge in [0.2, 0.25) is 5.91 Å². The van der Waals surface area contributed by atoms with E-state index >= 15 is 0 Å². The van der Waals surface area contributed by atoms with Gasteiger partial charge in [-0.3, -0.25) is 19.3 Å². The molecule has 0 bridgehead atoms. The summed E-state index contributed by atoms with van der Waals surface area (Å²) in [5, 5.41) is 18.5. The summed E-state index contributed by atoms with van der Waals surface area (Å²) in [7, 11) is 0. The van der Waals surface area contributed by atoms with E-state index in [0.717, 1.165) is 49.9 Å². The van der Waals surface area contributed by atoms with Crippen LogP contribution in [0.5, 0.6) is 0 Å². The van der Waals surface area contributed by atoms with Crippen LogP contribution in [0.1, 0.15) is 81.2 Å². The third kappa shape index (κ3) is 7.81. The van der Waals surface area contributed by atoms with E-state index in [0.29, 0.717) is 43.7 Å². The number of fused-ring (bicyclic) bond motifs is 1. The highest BCUT2D eigenvalue weighted by Crippen LogP contribution is 2.35. The van der Waals surface area contributed by atoms with Gasteiger partial charge in [0.1, 0.15) is 0 Å². The van der Waals surface area contributed by atoms with E-state index in [1.165, 1.54) is 11.1 Å². The average molecular weight is 655 g/mol. The van der Waals surface area contributed by atoms with Crippen molar-refractivity contribution < 1.29 is 24.2 Å². The quantitative estimate of drug-likeness (QED) is 0.334. The zero-order valence-corrected chi connectivity index (χ0v) is 28.5. The Kier molecular flexibility index (Phi) is 10.6. The molecule has 4 aliphatic rings. The van der Waals surface area contributed by atoms with Crippen LogP contribution in [0.3, 0.4) is 0 Å². The second-order valence-corrected chi connectivity index (χ2v) is 14.3. The molecule has 6 rings (SSSR count). The maximum atomic E-state index is 14.1. The molecule has 1 unspecified atom stereocenters. The predicted molar refractivity (Wildman–Crippen MR) is 185 cm³/mol. The molecule has 9 nitrogen and oxygen atoms in total. The Morgan fingerprint density at radius 3 is 2.52 bits per heavy atom. The molecule has 256 valence electrons. The number of nitrogens with one attached hydrogen (secondary N) is 2. The van der Waals surface area contributed by atoms with Gasteiger partial charge in [0.05, 0.1) is 36.1 Å². The van der Waals surface area contributed by atoms with Crippen LogP contribution < -0.4 is 10.6 Å². The van der Waals surface area contributed by atoms with Gasteiger partial charge in [-0.1, -0.05) is 55.5 Å². The maximum Gasteiger partial charge on any atom is 0.251 e. The molecule has 2 fully saturated rings. The number of nitrogens with zero attached hydrogens (tertiary/aromatic N) is 2. The number of aryl methyl sites for hydroxylation is 1. The van der Waals surface area contributed by atoms with Crippen molar-refractivity contribution in [3.05, 3.63) is 94.2 Å². The number of rotatable bonds is 11. The highest BCUT2D eigenvalue weighted by molar-refractivity contribution is 6.09. The molecule has 3 heterocycles. The number of hydrogen-bond acceptors (Lipinski definition) is 7. The Bertz CT molecular complexity index is 1560. The summed E-state index contributed by atoms with van der Waals surface area (Å²) >= 11 is 0. The third-order valence-electron chi connectivity index (χ3n) is 10.3. The molecule has 4 atom stereocenters. The fourth-order valence-electron chi connectivity index (χ4n) is 7.45. The Labute approximate surface area is 284 Å². The molecule has 3 aliphatic heterocycles. The van der Waals surface area contributed by atoms with E-state index in [9.17, 15) is 19.5 Å². The van der Waals surface area contributed by atoms with Gasteiger partial charge in [-0.05, 0) is 99.9 Å². The van der Waals surface area contributed by atoms with Crippen molar-refractivity contribution in [2.45, 2.75) is 102 Å². The SMILES string of the molecule is CCc1ccc2c(c1)[C@@H](NC[C@H](O)[C@H](Cc1ccccc1)NC(=O)C1=CC(N3CCCC3)C(=O)C(N3CCCC3=O)=C1)CC(C)(C)OC2. The normalized spacial score (nSPS) is 24.0. The molecule has 3 N–H and O–H groups in total. The molecular formula is C39H50N4O5. The first-order valence-electron chi connectivity index (χ1n) is 17.7. The molecule has 2 saturated heterocycles. The second kappa shape index (κ2) is 14.9. The number of likely N-dealkylation sites (tertiary alicyclic amines) is 2. The van der Waals surface area contributed by atoms with Gasteiger partial charge in [-0.2, -0.15) is 0 Å². The summed E-state index contributed by atoms with van der Waals surface area (Å²) in [6, 6.07) is 15.1. The van der Waals surface area contributed by atoms with Gasteiger partial charge in [0.15, 0.2) is 5.78 Å². The van der Waals surface area contributed by atoms with E-state index < -0.39 is 18.2 Å². The van der Waals surface area contributed by atoms with Crippen molar-refractivity contribution in [1.82, 2.24) is 20.4 Å². The van der Waals surface area contributed by atoms with Crippen LogP contribution >= 0.6 is 0 Å². The molecule has 9 heteroatoms. The van der Waals surface area contributed by atoms with Crippen LogP contribution in [0.25, 0.3) is 0 Å². The van der Waals surface area contributed by atoms with Crippen LogP contribution in [0.15, 0.2) is 72.0 Å². The van der Waals surface area contributed by atoms with Gasteiger partial charge in [-0.25, -0.2) is 0 Å². The van der Waals surface area contributed by atoms with Crippen molar-refractivity contribution in [2.24, 2.45) is 0 Å². The smallest absolute Gasteiger partial charge is 0.251 e. The van der Waals surface area contributed by atoms with E-state index in [1.807, 2.05) is 30.3 Å². The minimum atomic E-state index is -0.914. The van der Waals surface area contributed by atoms with Crippen molar-refractivity contribution in [2.75, 3.05) is 26.2 Å².